The third-order valence-electron chi connectivity index (χ3n) is 5.15. The number of carbonyl (C=O) groups is 3. The van der Waals surface area contributed by atoms with E-state index in [1.165, 1.54) is 7.11 Å². The number of nitrogens with one attached hydrogen (secondary N) is 2. The summed E-state index contributed by atoms with van der Waals surface area (Å²) in [6.45, 7) is 1.14. The molecule has 0 saturated heterocycles. The minimum Gasteiger partial charge on any atom is -0.480 e. The zero-order valence-corrected chi connectivity index (χ0v) is 16.8. The van der Waals surface area contributed by atoms with Gasteiger partial charge in [0.05, 0.1) is 6.10 Å². The second kappa shape index (κ2) is 9.41. The Morgan fingerprint density at radius 1 is 1.03 bits per heavy atom. The SMILES string of the molecule is COC(C)C(NC(=O)OCC1c2ccccc2-c2ccccc21)C(=O)NCC(=O)O. The quantitative estimate of drug-likeness (QED) is 0.612. The maximum absolute atomic E-state index is 12.4. The van der Waals surface area contributed by atoms with Crippen molar-refractivity contribution in [3.8, 4) is 11.1 Å². The van der Waals surface area contributed by atoms with Crippen molar-refractivity contribution in [1.82, 2.24) is 10.6 Å². The number of methoxy groups -OCH3 is 1. The van der Waals surface area contributed by atoms with E-state index in [-0.39, 0.29) is 12.5 Å². The number of carboxylic acid groups (broad SMARTS) is 1. The van der Waals surface area contributed by atoms with E-state index in [1.54, 1.807) is 6.92 Å². The van der Waals surface area contributed by atoms with E-state index >= 15 is 0 Å². The summed E-state index contributed by atoms with van der Waals surface area (Å²) in [5.41, 5.74) is 4.38. The molecule has 2 atom stereocenters. The number of aliphatic carboxylic acids is 1. The molecular formula is C22H24N2O6. The lowest BCUT2D eigenvalue weighted by molar-refractivity contribution is -0.138. The van der Waals surface area contributed by atoms with Crippen LogP contribution in [0.15, 0.2) is 48.5 Å². The number of fused-ring (bicyclic) bond motifs is 3. The standard InChI is InChI=1S/C22H24N2O6/c1-13(29-2)20(21(27)23-11-19(25)26)24-22(28)30-12-18-16-9-5-3-7-14(16)15-8-4-6-10-17(15)18/h3-10,13,18,20H,11-12H2,1-2H3,(H,23,27)(H,24,28)(H,25,26). The maximum Gasteiger partial charge on any atom is 0.407 e. The fourth-order valence-corrected chi connectivity index (χ4v) is 3.57. The minimum atomic E-state index is -1.19. The second-order valence-corrected chi connectivity index (χ2v) is 7.00. The van der Waals surface area contributed by atoms with Crippen LogP contribution in [0.1, 0.15) is 24.0 Å². The normalized spacial score (nSPS) is 14.2. The number of hydrogen-bond donors (Lipinski definition) is 3. The number of ether oxygens (including phenoxy) is 2. The molecule has 0 aromatic heterocycles. The van der Waals surface area contributed by atoms with Gasteiger partial charge >= 0.3 is 12.1 Å². The van der Waals surface area contributed by atoms with Gasteiger partial charge in [-0.05, 0) is 29.2 Å². The van der Waals surface area contributed by atoms with Gasteiger partial charge in [-0.2, -0.15) is 0 Å². The number of benzene rings is 2. The van der Waals surface area contributed by atoms with Crippen molar-refractivity contribution >= 4 is 18.0 Å². The zero-order valence-electron chi connectivity index (χ0n) is 16.8. The highest BCUT2D eigenvalue weighted by molar-refractivity contribution is 5.88. The van der Waals surface area contributed by atoms with Crippen LogP contribution in [0.3, 0.4) is 0 Å². The summed E-state index contributed by atoms with van der Waals surface area (Å²) >= 11 is 0. The Morgan fingerprint density at radius 3 is 2.13 bits per heavy atom. The van der Waals surface area contributed by atoms with E-state index in [0.717, 1.165) is 22.3 Å². The lowest BCUT2D eigenvalue weighted by Crippen LogP contribution is -2.53. The van der Waals surface area contributed by atoms with E-state index in [0.29, 0.717) is 0 Å². The van der Waals surface area contributed by atoms with Crippen LogP contribution in [0.2, 0.25) is 0 Å². The van der Waals surface area contributed by atoms with E-state index < -0.39 is 36.7 Å². The molecule has 0 aliphatic heterocycles. The average Bonchev–Trinajstić information content (AvgIpc) is 3.07. The van der Waals surface area contributed by atoms with Gasteiger partial charge in [-0.25, -0.2) is 4.79 Å². The van der Waals surface area contributed by atoms with Gasteiger partial charge in [0.25, 0.3) is 0 Å². The van der Waals surface area contributed by atoms with Crippen LogP contribution in [-0.4, -0.2) is 55.5 Å². The molecule has 0 saturated carbocycles. The van der Waals surface area contributed by atoms with E-state index in [9.17, 15) is 14.4 Å². The van der Waals surface area contributed by atoms with Crippen LogP contribution < -0.4 is 10.6 Å². The molecule has 1 aliphatic rings. The first kappa shape index (κ1) is 21.3. The third kappa shape index (κ3) is 4.60. The maximum atomic E-state index is 12.4. The summed E-state index contributed by atoms with van der Waals surface area (Å²) in [6.07, 6.45) is -1.46. The predicted molar refractivity (Wildman–Crippen MR) is 109 cm³/mol. The van der Waals surface area contributed by atoms with E-state index in [1.807, 2.05) is 48.5 Å². The van der Waals surface area contributed by atoms with Crippen molar-refractivity contribution in [2.24, 2.45) is 0 Å². The summed E-state index contributed by atoms with van der Waals surface area (Å²) in [5, 5.41) is 13.4. The molecule has 2 amide bonds. The van der Waals surface area contributed by atoms with Crippen LogP contribution in [0.5, 0.6) is 0 Å². The Kier molecular flexibility index (Phi) is 6.68. The van der Waals surface area contributed by atoms with Gasteiger partial charge < -0.3 is 25.2 Å². The van der Waals surface area contributed by atoms with Crippen molar-refractivity contribution in [3.63, 3.8) is 0 Å². The Hall–Kier alpha value is -3.39. The molecule has 158 valence electrons. The summed E-state index contributed by atoms with van der Waals surface area (Å²) in [4.78, 5) is 35.3. The molecule has 3 N–H and O–H groups in total. The smallest absolute Gasteiger partial charge is 0.407 e. The first-order valence-corrected chi connectivity index (χ1v) is 9.56. The number of alkyl carbamates (subject to hydrolysis) is 1. The highest BCUT2D eigenvalue weighted by Crippen LogP contribution is 2.44. The van der Waals surface area contributed by atoms with E-state index in [2.05, 4.69) is 10.6 Å². The highest BCUT2D eigenvalue weighted by atomic mass is 16.5. The first-order valence-electron chi connectivity index (χ1n) is 9.56. The molecular weight excluding hydrogens is 388 g/mol. The van der Waals surface area contributed by atoms with Crippen LogP contribution in [-0.2, 0) is 19.1 Å². The molecule has 30 heavy (non-hydrogen) atoms. The van der Waals surface area contributed by atoms with Gasteiger partial charge in [0, 0.05) is 13.0 Å². The molecule has 0 heterocycles. The van der Waals surface area contributed by atoms with Crippen molar-refractivity contribution in [3.05, 3.63) is 59.7 Å². The molecule has 0 fully saturated rings. The van der Waals surface area contributed by atoms with Crippen molar-refractivity contribution in [1.29, 1.82) is 0 Å². The van der Waals surface area contributed by atoms with Gasteiger partial charge in [-0.15, -0.1) is 0 Å². The molecule has 2 aromatic carbocycles. The van der Waals surface area contributed by atoms with Gasteiger partial charge in [0.15, 0.2) is 0 Å². The predicted octanol–water partition coefficient (Wildman–Crippen LogP) is 2.13. The minimum absolute atomic E-state index is 0.102. The van der Waals surface area contributed by atoms with E-state index in [4.69, 9.17) is 14.6 Å². The largest absolute Gasteiger partial charge is 0.480 e. The van der Waals surface area contributed by atoms with Gasteiger partial charge in [0.1, 0.15) is 19.2 Å². The van der Waals surface area contributed by atoms with Gasteiger partial charge in [0.2, 0.25) is 5.91 Å². The number of rotatable bonds is 8. The third-order valence-corrected chi connectivity index (χ3v) is 5.15. The van der Waals surface area contributed by atoms with Crippen LogP contribution in [0.25, 0.3) is 11.1 Å². The summed E-state index contributed by atoms with van der Waals surface area (Å²) in [7, 11) is 1.39. The molecule has 2 aromatic rings. The highest BCUT2D eigenvalue weighted by Gasteiger charge is 2.31. The Labute approximate surface area is 174 Å². The fraction of sp³-hybridized carbons (Fsp3) is 0.318. The second-order valence-electron chi connectivity index (χ2n) is 7.00. The number of carbonyl (C=O) groups excluding carboxylic acids is 2. The molecule has 2 unspecified atom stereocenters. The van der Waals surface area contributed by atoms with Gasteiger partial charge in [-0.1, -0.05) is 48.5 Å². The zero-order chi connectivity index (χ0) is 21.7. The van der Waals surface area contributed by atoms with Crippen LogP contribution in [0, 0.1) is 0 Å². The fourth-order valence-electron chi connectivity index (χ4n) is 3.57. The van der Waals surface area contributed by atoms with Crippen LogP contribution in [0.4, 0.5) is 4.79 Å². The van der Waals surface area contributed by atoms with Crippen molar-refractivity contribution in [2.75, 3.05) is 20.3 Å². The summed E-state index contributed by atoms with van der Waals surface area (Å²) in [5.74, 6) is -1.96. The lowest BCUT2D eigenvalue weighted by atomic mass is 9.98. The molecule has 0 spiro atoms. The Bertz CT molecular complexity index is 899. The van der Waals surface area contributed by atoms with Crippen molar-refractivity contribution < 1.29 is 29.0 Å². The molecule has 8 nitrogen and oxygen atoms in total. The Balaban J connectivity index is 1.67. The molecule has 0 radical (unpaired) electrons. The first-order chi connectivity index (χ1) is 14.4. The van der Waals surface area contributed by atoms with Crippen LogP contribution >= 0.6 is 0 Å². The van der Waals surface area contributed by atoms with Crippen molar-refractivity contribution in [2.45, 2.75) is 25.0 Å². The Morgan fingerprint density at radius 2 is 1.60 bits per heavy atom. The number of hydrogen-bond acceptors (Lipinski definition) is 5. The van der Waals surface area contributed by atoms with Gasteiger partial charge in [-0.3, -0.25) is 9.59 Å². The monoisotopic (exact) mass is 412 g/mol. The summed E-state index contributed by atoms with van der Waals surface area (Å²) < 4.78 is 10.6. The topological polar surface area (TPSA) is 114 Å². The number of carboxylic acids is 1. The average molecular weight is 412 g/mol. The lowest BCUT2D eigenvalue weighted by Gasteiger charge is -2.23. The molecule has 8 heteroatoms. The molecule has 1 aliphatic carbocycles. The number of amides is 2. The molecule has 3 rings (SSSR count). The summed E-state index contributed by atoms with van der Waals surface area (Å²) in [6, 6.07) is 14.8. The molecule has 0 bridgehead atoms.